The molecule has 0 saturated heterocycles. The zero-order valence-corrected chi connectivity index (χ0v) is 10.6. The van der Waals surface area contributed by atoms with Crippen molar-refractivity contribution in [1.29, 1.82) is 0 Å². The minimum atomic E-state index is -1.04. The lowest BCUT2D eigenvalue weighted by Crippen LogP contribution is -2.41. The van der Waals surface area contributed by atoms with Gasteiger partial charge in [0.15, 0.2) is 0 Å². The summed E-state index contributed by atoms with van der Waals surface area (Å²) in [5.41, 5.74) is 3.75. The molecule has 0 aliphatic heterocycles. The lowest BCUT2D eigenvalue weighted by molar-refractivity contribution is 0.0844. The molecule has 108 valence electrons. The quantitative estimate of drug-likeness (QED) is 0.738. The molecule has 0 radical (unpaired) electrons. The molecule has 3 N–H and O–H groups in total. The van der Waals surface area contributed by atoms with Crippen LogP contribution in [0.5, 0.6) is 5.75 Å². The molecule has 2 amide bonds. The second kappa shape index (κ2) is 6.00. The van der Waals surface area contributed by atoms with Gasteiger partial charge >= 0.3 is 0 Å². The molecule has 2 rings (SSSR count). The van der Waals surface area contributed by atoms with Crippen LogP contribution in [0.2, 0.25) is 0 Å². The molecule has 0 bridgehead atoms. The van der Waals surface area contributed by atoms with Gasteiger partial charge in [-0.25, -0.2) is 8.78 Å². The van der Waals surface area contributed by atoms with Gasteiger partial charge in [-0.3, -0.25) is 20.4 Å². The molecule has 0 saturated carbocycles. The molecule has 0 fully saturated rings. The van der Waals surface area contributed by atoms with E-state index in [-0.39, 0.29) is 11.3 Å². The van der Waals surface area contributed by atoms with Gasteiger partial charge < -0.3 is 5.11 Å². The largest absolute Gasteiger partial charge is 0.508 e. The van der Waals surface area contributed by atoms with Crippen molar-refractivity contribution < 1.29 is 23.5 Å². The smallest absolute Gasteiger partial charge is 0.272 e. The van der Waals surface area contributed by atoms with E-state index in [4.69, 9.17) is 0 Å². The number of rotatable bonds is 2. The van der Waals surface area contributed by atoms with Crippen molar-refractivity contribution in [1.82, 2.24) is 10.9 Å². The van der Waals surface area contributed by atoms with Crippen molar-refractivity contribution in [3.8, 4) is 5.75 Å². The summed E-state index contributed by atoms with van der Waals surface area (Å²) in [5.74, 6) is -3.59. The van der Waals surface area contributed by atoms with E-state index in [9.17, 15) is 23.5 Å². The normalized spacial score (nSPS) is 10.0. The van der Waals surface area contributed by atoms with Gasteiger partial charge in [-0.2, -0.15) is 0 Å². The van der Waals surface area contributed by atoms with Crippen LogP contribution in [0.4, 0.5) is 8.78 Å². The Morgan fingerprint density at radius 3 is 2.33 bits per heavy atom. The summed E-state index contributed by atoms with van der Waals surface area (Å²) in [7, 11) is 0. The van der Waals surface area contributed by atoms with Gasteiger partial charge in [0.25, 0.3) is 11.8 Å². The van der Waals surface area contributed by atoms with Crippen LogP contribution in [0.1, 0.15) is 20.7 Å². The fraction of sp³-hybridized carbons (Fsp3) is 0. The van der Waals surface area contributed by atoms with E-state index in [1.807, 2.05) is 5.43 Å². The molecule has 5 nitrogen and oxygen atoms in total. The van der Waals surface area contributed by atoms with Gasteiger partial charge in [0, 0.05) is 11.6 Å². The Kier molecular flexibility index (Phi) is 4.13. The summed E-state index contributed by atoms with van der Waals surface area (Å²) < 4.78 is 26.1. The Morgan fingerprint density at radius 2 is 1.67 bits per heavy atom. The van der Waals surface area contributed by atoms with Crippen LogP contribution in [-0.2, 0) is 0 Å². The van der Waals surface area contributed by atoms with Gasteiger partial charge in [0.2, 0.25) is 0 Å². The van der Waals surface area contributed by atoms with E-state index in [0.29, 0.717) is 6.07 Å². The SMILES string of the molecule is O=C(NNC(=O)c1ccc(F)cc1F)c1cccc(O)c1. The summed E-state index contributed by atoms with van der Waals surface area (Å²) in [6.45, 7) is 0. The fourth-order valence-corrected chi connectivity index (χ4v) is 1.57. The number of amides is 2. The molecule has 0 unspecified atom stereocenters. The first-order valence-electron chi connectivity index (χ1n) is 5.82. The van der Waals surface area contributed by atoms with Crippen molar-refractivity contribution in [2.45, 2.75) is 0 Å². The zero-order chi connectivity index (χ0) is 15.4. The number of phenols is 1. The summed E-state index contributed by atoms with van der Waals surface area (Å²) in [5, 5.41) is 9.23. The number of carbonyl (C=O) groups excluding carboxylic acids is 2. The molecule has 7 heteroatoms. The monoisotopic (exact) mass is 292 g/mol. The summed E-state index contributed by atoms with van der Waals surface area (Å²) >= 11 is 0. The number of hydrazine groups is 1. The van der Waals surface area contributed by atoms with Crippen LogP contribution >= 0.6 is 0 Å². The first kappa shape index (κ1) is 14.4. The Morgan fingerprint density at radius 1 is 0.952 bits per heavy atom. The van der Waals surface area contributed by atoms with E-state index in [2.05, 4.69) is 5.43 Å². The number of hydrogen-bond donors (Lipinski definition) is 3. The van der Waals surface area contributed by atoms with Gasteiger partial charge in [0.05, 0.1) is 5.56 Å². The molecule has 0 heterocycles. The third-order valence-corrected chi connectivity index (χ3v) is 2.57. The lowest BCUT2D eigenvalue weighted by Gasteiger charge is -2.08. The van der Waals surface area contributed by atoms with Crippen molar-refractivity contribution in [2.75, 3.05) is 0 Å². The van der Waals surface area contributed by atoms with E-state index in [0.717, 1.165) is 12.1 Å². The van der Waals surface area contributed by atoms with Crippen LogP contribution in [0.3, 0.4) is 0 Å². The summed E-state index contributed by atoms with van der Waals surface area (Å²) in [4.78, 5) is 23.3. The number of benzene rings is 2. The first-order chi connectivity index (χ1) is 9.97. The van der Waals surface area contributed by atoms with Crippen LogP contribution < -0.4 is 10.9 Å². The highest BCUT2D eigenvalue weighted by Gasteiger charge is 2.13. The van der Waals surface area contributed by atoms with Crippen LogP contribution in [0.15, 0.2) is 42.5 Å². The van der Waals surface area contributed by atoms with E-state index < -0.39 is 29.0 Å². The maximum absolute atomic E-state index is 13.4. The highest BCUT2D eigenvalue weighted by molar-refractivity contribution is 5.99. The van der Waals surface area contributed by atoms with Crippen molar-refractivity contribution >= 4 is 11.8 Å². The average Bonchev–Trinajstić information content (AvgIpc) is 2.44. The molecule has 0 spiro atoms. The Labute approximate surface area is 118 Å². The van der Waals surface area contributed by atoms with E-state index >= 15 is 0 Å². The molecule has 2 aromatic carbocycles. The minimum Gasteiger partial charge on any atom is -0.508 e. The molecule has 0 aliphatic carbocycles. The summed E-state index contributed by atoms with van der Waals surface area (Å²) in [6, 6.07) is 7.89. The fourth-order valence-electron chi connectivity index (χ4n) is 1.57. The van der Waals surface area contributed by atoms with E-state index in [1.54, 1.807) is 0 Å². The van der Waals surface area contributed by atoms with Gasteiger partial charge in [-0.1, -0.05) is 6.07 Å². The van der Waals surface area contributed by atoms with Gasteiger partial charge in [0.1, 0.15) is 17.4 Å². The molecular formula is C14H10F2N2O3. The predicted molar refractivity (Wildman–Crippen MR) is 69.4 cm³/mol. The number of carbonyl (C=O) groups is 2. The maximum atomic E-state index is 13.4. The Bertz CT molecular complexity index is 704. The zero-order valence-electron chi connectivity index (χ0n) is 10.6. The number of halogens is 2. The molecular weight excluding hydrogens is 282 g/mol. The highest BCUT2D eigenvalue weighted by atomic mass is 19.1. The second-order valence-electron chi connectivity index (χ2n) is 4.08. The summed E-state index contributed by atoms with van der Waals surface area (Å²) in [6.07, 6.45) is 0. The third-order valence-electron chi connectivity index (χ3n) is 2.57. The van der Waals surface area contributed by atoms with Crippen LogP contribution in [-0.4, -0.2) is 16.9 Å². The Balaban J connectivity index is 2.02. The van der Waals surface area contributed by atoms with Crippen LogP contribution in [0.25, 0.3) is 0 Å². The predicted octanol–water partition coefficient (Wildman–Crippen LogP) is 1.75. The average molecular weight is 292 g/mol. The molecule has 0 aliphatic rings. The minimum absolute atomic E-state index is 0.106. The first-order valence-corrected chi connectivity index (χ1v) is 5.82. The van der Waals surface area contributed by atoms with Crippen molar-refractivity contribution in [3.05, 3.63) is 65.2 Å². The van der Waals surface area contributed by atoms with Crippen molar-refractivity contribution in [2.24, 2.45) is 0 Å². The molecule has 2 aromatic rings. The molecule has 0 atom stereocenters. The third kappa shape index (κ3) is 3.53. The van der Waals surface area contributed by atoms with Crippen molar-refractivity contribution in [3.63, 3.8) is 0 Å². The Hall–Kier alpha value is -2.96. The topological polar surface area (TPSA) is 78.4 Å². The number of aromatic hydroxyl groups is 1. The molecule has 21 heavy (non-hydrogen) atoms. The van der Waals surface area contributed by atoms with Crippen LogP contribution in [0, 0.1) is 11.6 Å². The van der Waals surface area contributed by atoms with Gasteiger partial charge in [-0.05, 0) is 30.3 Å². The maximum Gasteiger partial charge on any atom is 0.272 e. The lowest BCUT2D eigenvalue weighted by atomic mass is 10.2. The number of phenolic OH excluding ortho intramolecular Hbond substituents is 1. The number of nitrogens with one attached hydrogen (secondary N) is 2. The number of hydrogen-bond acceptors (Lipinski definition) is 3. The second-order valence-corrected chi connectivity index (χ2v) is 4.08. The highest BCUT2D eigenvalue weighted by Crippen LogP contribution is 2.11. The van der Waals surface area contributed by atoms with E-state index in [1.165, 1.54) is 24.3 Å². The van der Waals surface area contributed by atoms with Gasteiger partial charge in [-0.15, -0.1) is 0 Å². The molecule has 0 aromatic heterocycles. The standard InChI is InChI=1S/C14H10F2N2O3/c15-9-4-5-11(12(16)7-9)14(21)18-17-13(20)8-2-1-3-10(19)6-8/h1-7,19H,(H,17,20)(H,18,21).